The first-order valence-electron chi connectivity index (χ1n) is 6.44. The molecule has 0 saturated carbocycles. The van der Waals surface area contributed by atoms with Crippen molar-refractivity contribution in [2.75, 3.05) is 5.43 Å². The summed E-state index contributed by atoms with van der Waals surface area (Å²) in [5.74, 6) is 6.26. The third-order valence-corrected chi connectivity index (χ3v) is 2.96. The van der Waals surface area contributed by atoms with Crippen LogP contribution in [0.3, 0.4) is 0 Å². The van der Waals surface area contributed by atoms with Crippen molar-refractivity contribution in [1.29, 1.82) is 0 Å². The van der Waals surface area contributed by atoms with Crippen LogP contribution in [0, 0.1) is 0 Å². The Balaban J connectivity index is 2.14. The largest absolute Gasteiger partial charge is 0.308 e. The molecule has 20 heavy (non-hydrogen) atoms. The SMILES string of the molecule is CCCc1cc(NN)n2nc(-c3cnccn3)cc2n1. The Morgan fingerprint density at radius 1 is 1.25 bits per heavy atom. The highest BCUT2D eigenvalue weighted by atomic mass is 15.4. The van der Waals surface area contributed by atoms with Gasteiger partial charge < -0.3 is 5.43 Å². The average molecular weight is 269 g/mol. The molecule has 0 saturated heterocycles. The highest BCUT2D eigenvalue weighted by molar-refractivity contribution is 5.62. The van der Waals surface area contributed by atoms with E-state index in [1.807, 2.05) is 12.1 Å². The summed E-state index contributed by atoms with van der Waals surface area (Å²) in [7, 11) is 0. The zero-order chi connectivity index (χ0) is 13.9. The Morgan fingerprint density at radius 3 is 2.85 bits per heavy atom. The number of hydrogen-bond donors (Lipinski definition) is 2. The van der Waals surface area contributed by atoms with Gasteiger partial charge in [-0.2, -0.15) is 9.61 Å². The van der Waals surface area contributed by atoms with Gasteiger partial charge in [0.15, 0.2) is 5.65 Å². The third kappa shape index (κ3) is 2.19. The van der Waals surface area contributed by atoms with Crippen molar-refractivity contribution in [3.63, 3.8) is 0 Å². The highest BCUT2D eigenvalue weighted by Gasteiger charge is 2.11. The molecule has 3 aromatic rings. The molecule has 0 unspecified atom stereocenters. The number of aromatic nitrogens is 5. The van der Waals surface area contributed by atoms with E-state index in [-0.39, 0.29) is 0 Å². The Bertz CT molecular complexity index is 720. The number of nitrogens with one attached hydrogen (secondary N) is 1. The van der Waals surface area contributed by atoms with Crippen LogP contribution in [0.2, 0.25) is 0 Å². The topological polar surface area (TPSA) is 94.0 Å². The zero-order valence-electron chi connectivity index (χ0n) is 11.1. The van der Waals surface area contributed by atoms with Crippen molar-refractivity contribution in [2.24, 2.45) is 5.84 Å². The Morgan fingerprint density at radius 2 is 2.15 bits per heavy atom. The predicted molar refractivity (Wildman–Crippen MR) is 75.8 cm³/mol. The van der Waals surface area contributed by atoms with Crippen molar-refractivity contribution in [3.05, 3.63) is 36.4 Å². The van der Waals surface area contributed by atoms with Crippen LogP contribution in [0.25, 0.3) is 17.0 Å². The van der Waals surface area contributed by atoms with Gasteiger partial charge in [-0.15, -0.1) is 0 Å². The van der Waals surface area contributed by atoms with Crippen LogP contribution in [0.15, 0.2) is 30.7 Å². The molecule has 0 aliphatic rings. The first kappa shape index (κ1) is 12.5. The monoisotopic (exact) mass is 269 g/mol. The second-order valence-electron chi connectivity index (χ2n) is 4.42. The first-order chi connectivity index (χ1) is 9.81. The summed E-state index contributed by atoms with van der Waals surface area (Å²) in [6.07, 6.45) is 6.86. The smallest absolute Gasteiger partial charge is 0.158 e. The first-order valence-corrected chi connectivity index (χ1v) is 6.44. The van der Waals surface area contributed by atoms with Crippen LogP contribution in [0.5, 0.6) is 0 Å². The van der Waals surface area contributed by atoms with E-state index in [1.54, 1.807) is 23.1 Å². The van der Waals surface area contributed by atoms with Gasteiger partial charge in [0, 0.05) is 30.2 Å². The van der Waals surface area contributed by atoms with Crippen LogP contribution in [-0.4, -0.2) is 24.6 Å². The molecule has 7 nitrogen and oxygen atoms in total. The van der Waals surface area contributed by atoms with E-state index in [1.165, 1.54) is 0 Å². The fourth-order valence-corrected chi connectivity index (χ4v) is 2.07. The molecule has 0 radical (unpaired) electrons. The van der Waals surface area contributed by atoms with Gasteiger partial charge in [0.25, 0.3) is 0 Å². The minimum atomic E-state index is 0.702. The third-order valence-electron chi connectivity index (χ3n) is 2.96. The zero-order valence-corrected chi connectivity index (χ0v) is 11.1. The van der Waals surface area contributed by atoms with Crippen molar-refractivity contribution < 1.29 is 0 Å². The summed E-state index contributed by atoms with van der Waals surface area (Å²) in [5.41, 5.74) is 5.81. The van der Waals surface area contributed by atoms with Crippen molar-refractivity contribution in [2.45, 2.75) is 19.8 Å². The Kier molecular flexibility index (Phi) is 3.26. The maximum absolute atomic E-state index is 5.56. The van der Waals surface area contributed by atoms with E-state index in [0.29, 0.717) is 11.5 Å². The lowest BCUT2D eigenvalue weighted by Crippen LogP contribution is -2.13. The molecule has 3 rings (SSSR count). The highest BCUT2D eigenvalue weighted by Crippen LogP contribution is 2.19. The van der Waals surface area contributed by atoms with Crippen LogP contribution >= 0.6 is 0 Å². The normalized spacial score (nSPS) is 10.9. The number of nitrogen functional groups attached to an aromatic ring is 1. The van der Waals surface area contributed by atoms with Gasteiger partial charge >= 0.3 is 0 Å². The lowest BCUT2D eigenvalue weighted by Gasteiger charge is -2.05. The van der Waals surface area contributed by atoms with Gasteiger partial charge in [-0.1, -0.05) is 13.3 Å². The fourth-order valence-electron chi connectivity index (χ4n) is 2.07. The number of anilines is 1. The maximum atomic E-state index is 5.56. The van der Waals surface area contributed by atoms with E-state index in [2.05, 4.69) is 32.4 Å². The van der Waals surface area contributed by atoms with E-state index in [4.69, 9.17) is 5.84 Å². The van der Waals surface area contributed by atoms with Crippen LogP contribution in [0.1, 0.15) is 19.0 Å². The number of hydrogen-bond acceptors (Lipinski definition) is 6. The minimum absolute atomic E-state index is 0.702. The molecule has 3 N–H and O–H groups in total. The van der Waals surface area contributed by atoms with E-state index in [0.717, 1.165) is 29.9 Å². The van der Waals surface area contributed by atoms with E-state index < -0.39 is 0 Å². The molecule has 102 valence electrons. The van der Waals surface area contributed by atoms with Crippen molar-refractivity contribution >= 4 is 11.5 Å². The van der Waals surface area contributed by atoms with Gasteiger partial charge in [-0.05, 0) is 6.42 Å². The molecule has 0 spiro atoms. The summed E-state index contributed by atoms with van der Waals surface area (Å²) in [6, 6.07) is 3.79. The Labute approximate surface area is 115 Å². The molecule has 0 aliphatic heterocycles. The molecule has 0 aromatic carbocycles. The lowest BCUT2D eigenvalue weighted by atomic mass is 10.2. The maximum Gasteiger partial charge on any atom is 0.158 e. The summed E-state index contributed by atoms with van der Waals surface area (Å²) in [4.78, 5) is 12.9. The lowest BCUT2D eigenvalue weighted by molar-refractivity contribution is 0.859. The molecule has 3 aromatic heterocycles. The quantitative estimate of drug-likeness (QED) is 0.549. The number of nitrogens with zero attached hydrogens (tertiary/aromatic N) is 5. The molecule has 7 heteroatoms. The summed E-state index contributed by atoms with van der Waals surface area (Å²) < 4.78 is 1.67. The summed E-state index contributed by atoms with van der Waals surface area (Å²) >= 11 is 0. The number of fused-ring (bicyclic) bond motifs is 1. The molecule has 3 heterocycles. The standard InChI is InChI=1S/C13H15N7/c1-2-3-9-6-13(18-14)20-12(17-9)7-10(19-20)11-8-15-4-5-16-11/h4-8,18H,2-3,14H2,1H3. The molecule has 0 atom stereocenters. The summed E-state index contributed by atoms with van der Waals surface area (Å²) in [6.45, 7) is 2.11. The van der Waals surface area contributed by atoms with E-state index in [9.17, 15) is 0 Å². The second kappa shape index (κ2) is 5.22. The number of hydrazine groups is 1. The van der Waals surface area contributed by atoms with Gasteiger partial charge in [0.1, 0.15) is 17.2 Å². The number of nitrogens with two attached hydrogens (primary N) is 1. The van der Waals surface area contributed by atoms with Crippen molar-refractivity contribution in [1.82, 2.24) is 24.6 Å². The van der Waals surface area contributed by atoms with Crippen molar-refractivity contribution in [3.8, 4) is 11.4 Å². The van der Waals surface area contributed by atoms with Gasteiger partial charge in [0.05, 0.1) is 6.20 Å². The summed E-state index contributed by atoms with van der Waals surface area (Å²) in [5, 5.41) is 4.46. The molecule has 0 aliphatic carbocycles. The molecular formula is C13H15N7. The van der Waals surface area contributed by atoms with Gasteiger partial charge in [-0.3, -0.25) is 9.97 Å². The number of rotatable bonds is 4. The van der Waals surface area contributed by atoms with E-state index >= 15 is 0 Å². The molecule has 0 fully saturated rings. The van der Waals surface area contributed by atoms with Crippen LogP contribution in [-0.2, 0) is 6.42 Å². The van der Waals surface area contributed by atoms with Gasteiger partial charge in [-0.25, -0.2) is 10.8 Å². The van der Waals surface area contributed by atoms with Crippen LogP contribution in [0.4, 0.5) is 5.82 Å². The number of aryl methyl sites for hydroxylation is 1. The van der Waals surface area contributed by atoms with Crippen LogP contribution < -0.4 is 11.3 Å². The molecule has 0 bridgehead atoms. The predicted octanol–water partition coefficient (Wildman–Crippen LogP) is 1.42. The Hall–Kier alpha value is -2.54. The molecule has 0 amide bonds. The second-order valence-corrected chi connectivity index (χ2v) is 4.42. The average Bonchev–Trinajstić information content (AvgIpc) is 2.91. The van der Waals surface area contributed by atoms with Gasteiger partial charge in [0.2, 0.25) is 0 Å². The minimum Gasteiger partial charge on any atom is -0.308 e. The molecular weight excluding hydrogens is 254 g/mol. The fraction of sp³-hybridized carbons (Fsp3) is 0.231.